The molecule has 5 heteroatoms. The van der Waals surface area contributed by atoms with Crippen LogP contribution in [0.3, 0.4) is 0 Å². The molecular formula is C15H20Cl2N2O. The van der Waals surface area contributed by atoms with Gasteiger partial charge >= 0.3 is 0 Å². The number of nitrogens with one attached hydrogen (secondary N) is 1. The molecule has 2 aliphatic heterocycles. The second-order valence-corrected chi connectivity index (χ2v) is 5.98. The molecule has 3 nitrogen and oxygen atoms in total. The number of hydrogen-bond acceptors (Lipinski definition) is 2. The van der Waals surface area contributed by atoms with Crippen molar-refractivity contribution in [2.75, 3.05) is 19.6 Å². The maximum Gasteiger partial charge on any atom is 0.227 e. The summed E-state index contributed by atoms with van der Waals surface area (Å²) in [6.45, 7) is 2.92. The summed E-state index contributed by atoms with van der Waals surface area (Å²) in [5.74, 6) is 0.899. The van der Waals surface area contributed by atoms with Gasteiger partial charge in [-0.1, -0.05) is 23.7 Å². The molecule has 0 radical (unpaired) electrons. The van der Waals surface area contributed by atoms with Gasteiger partial charge in [0.1, 0.15) is 0 Å². The van der Waals surface area contributed by atoms with E-state index in [0.717, 1.165) is 31.6 Å². The Kier molecular flexibility index (Phi) is 5.30. The van der Waals surface area contributed by atoms with E-state index >= 15 is 0 Å². The lowest BCUT2D eigenvalue weighted by atomic mass is 9.93. The molecule has 110 valence electrons. The maximum atomic E-state index is 12.3. The Morgan fingerprint density at radius 3 is 2.80 bits per heavy atom. The molecule has 2 fully saturated rings. The Bertz CT molecular complexity index is 463. The normalized spacial score (nSPS) is 24.9. The zero-order valence-electron chi connectivity index (χ0n) is 11.3. The van der Waals surface area contributed by atoms with Gasteiger partial charge in [-0.05, 0) is 43.0 Å². The number of likely N-dealkylation sites (tertiary alicyclic amines) is 1. The Labute approximate surface area is 131 Å². The number of carbonyl (C=O) groups is 1. The van der Waals surface area contributed by atoms with E-state index in [0.29, 0.717) is 23.4 Å². The van der Waals surface area contributed by atoms with Crippen LogP contribution in [0, 0.1) is 5.92 Å². The number of fused-ring (bicyclic) bond motifs is 1. The van der Waals surface area contributed by atoms with E-state index in [1.807, 2.05) is 29.2 Å². The van der Waals surface area contributed by atoms with Crippen molar-refractivity contribution in [3.8, 4) is 0 Å². The Balaban J connectivity index is 0.00000147. The fourth-order valence-electron chi connectivity index (χ4n) is 3.16. The van der Waals surface area contributed by atoms with E-state index in [4.69, 9.17) is 11.6 Å². The van der Waals surface area contributed by atoms with E-state index in [9.17, 15) is 4.79 Å². The average molecular weight is 315 g/mol. The van der Waals surface area contributed by atoms with Crippen LogP contribution in [0.1, 0.15) is 18.4 Å². The predicted octanol–water partition coefficient (Wildman–Crippen LogP) is 2.51. The van der Waals surface area contributed by atoms with Crippen molar-refractivity contribution in [1.82, 2.24) is 10.2 Å². The van der Waals surface area contributed by atoms with Gasteiger partial charge in [-0.15, -0.1) is 12.4 Å². The number of halogens is 2. The lowest BCUT2D eigenvalue weighted by Gasteiger charge is -2.35. The summed E-state index contributed by atoms with van der Waals surface area (Å²) in [5, 5.41) is 4.24. The highest BCUT2D eigenvalue weighted by Crippen LogP contribution is 2.25. The molecule has 0 bridgehead atoms. The quantitative estimate of drug-likeness (QED) is 0.909. The SMILES string of the molecule is Cl.O=C(Cc1ccc(Cl)cc1)N1CCC2NCCC2C1. The standard InChI is InChI=1S/C15H19ClN2O.ClH/c16-13-3-1-11(2-4-13)9-15(19)18-8-6-14-12(10-18)5-7-17-14;/h1-4,12,14,17H,5-10H2;1H. The number of amides is 1. The summed E-state index contributed by atoms with van der Waals surface area (Å²) in [5.41, 5.74) is 1.04. The molecule has 0 spiro atoms. The maximum absolute atomic E-state index is 12.3. The topological polar surface area (TPSA) is 32.3 Å². The molecular weight excluding hydrogens is 295 g/mol. The van der Waals surface area contributed by atoms with E-state index in [1.54, 1.807) is 0 Å². The lowest BCUT2D eigenvalue weighted by Crippen LogP contribution is -2.47. The highest BCUT2D eigenvalue weighted by atomic mass is 35.5. The predicted molar refractivity (Wildman–Crippen MR) is 83.5 cm³/mol. The van der Waals surface area contributed by atoms with Gasteiger partial charge < -0.3 is 10.2 Å². The molecule has 20 heavy (non-hydrogen) atoms. The molecule has 0 saturated carbocycles. The van der Waals surface area contributed by atoms with E-state index in [2.05, 4.69) is 5.32 Å². The second kappa shape index (κ2) is 6.79. The molecule has 2 atom stereocenters. The number of rotatable bonds is 2. The van der Waals surface area contributed by atoms with Crippen LogP contribution in [-0.2, 0) is 11.2 Å². The van der Waals surface area contributed by atoms with E-state index < -0.39 is 0 Å². The van der Waals surface area contributed by atoms with E-state index in [-0.39, 0.29) is 18.3 Å². The highest BCUT2D eigenvalue weighted by Gasteiger charge is 2.34. The molecule has 2 unspecified atom stereocenters. The van der Waals surface area contributed by atoms with Crippen LogP contribution < -0.4 is 5.32 Å². The molecule has 1 amide bonds. The third-order valence-corrected chi connectivity index (χ3v) is 4.53. The van der Waals surface area contributed by atoms with Gasteiger partial charge in [0.25, 0.3) is 0 Å². The Morgan fingerprint density at radius 2 is 2.05 bits per heavy atom. The number of hydrogen-bond donors (Lipinski definition) is 1. The monoisotopic (exact) mass is 314 g/mol. The summed E-state index contributed by atoms with van der Waals surface area (Å²) < 4.78 is 0. The van der Waals surface area contributed by atoms with Crippen LogP contribution in [0.5, 0.6) is 0 Å². The van der Waals surface area contributed by atoms with Crippen LogP contribution >= 0.6 is 24.0 Å². The molecule has 2 aliphatic rings. The number of benzene rings is 1. The summed E-state index contributed by atoms with van der Waals surface area (Å²) in [4.78, 5) is 14.3. The zero-order valence-corrected chi connectivity index (χ0v) is 12.9. The molecule has 1 aromatic rings. The summed E-state index contributed by atoms with van der Waals surface area (Å²) in [7, 11) is 0. The van der Waals surface area contributed by atoms with Gasteiger partial charge in [-0.25, -0.2) is 0 Å². The first kappa shape index (κ1) is 15.6. The van der Waals surface area contributed by atoms with Crippen molar-refractivity contribution in [3.63, 3.8) is 0 Å². The minimum absolute atomic E-state index is 0. The molecule has 2 saturated heterocycles. The van der Waals surface area contributed by atoms with Crippen molar-refractivity contribution < 1.29 is 4.79 Å². The smallest absolute Gasteiger partial charge is 0.227 e. The lowest BCUT2D eigenvalue weighted by molar-refractivity contribution is -0.132. The highest BCUT2D eigenvalue weighted by molar-refractivity contribution is 6.30. The van der Waals surface area contributed by atoms with Crippen LogP contribution in [-0.4, -0.2) is 36.5 Å². The van der Waals surface area contributed by atoms with E-state index in [1.165, 1.54) is 6.42 Å². The van der Waals surface area contributed by atoms with Gasteiger partial charge in [-0.2, -0.15) is 0 Å². The molecule has 3 rings (SSSR count). The van der Waals surface area contributed by atoms with Gasteiger partial charge in [-0.3, -0.25) is 4.79 Å². The second-order valence-electron chi connectivity index (χ2n) is 5.54. The minimum atomic E-state index is 0. The third kappa shape index (κ3) is 3.46. The van der Waals surface area contributed by atoms with Crippen molar-refractivity contribution in [3.05, 3.63) is 34.9 Å². The van der Waals surface area contributed by atoms with Crippen molar-refractivity contribution in [2.24, 2.45) is 5.92 Å². The fraction of sp³-hybridized carbons (Fsp3) is 0.533. The third-order valence-electron chi connectivity index (χ3n) is 4.28. The van der Waals surface area contributed by atoms with Gasteiger partial charge in [0, 0.05) is 24.2 Å². The van der Waals surface area contributed by atoms with Crippen LogP contribution in [0.25, 0.3) is 0 Å². The summed E-state index contributed by atoms with van der Waals surface area (Å²) in [6.07, 6.45) is 2.79. The largest absolute Gasteiger partial charge is 0.342 e. The van der Waals surface area contributed by atoms with Crippen LogP contribution in [0.15, 0.2) is 24.3 Å². The van der Waals surface area contributed by atoms with Crippen molar-refractivity contribution in [1.29, 1.82) is 0 Å². The average Bonchev–Trinajstić information content (AvgIpc) is 2.88. The van der Waals surface area contributed by atoms with Crippen LogP contribution in [0.4, 0.5) is 0 Å². The van der Waals surface area contributed by atoms with Gasteiger partial charge in [0.05, 0.1) is 6.42 Å². The minimum Gasteiger partial charge on any atom is -0.342 e. The first-order valence-electron chi connectivity index (χ1n) is 6.98. The first-order valence-corrected chi connectivity index (χ1v) is 7.36. The summed E-state index contributed by atoms with van der Waals surface area (Å²) >= 11 is 5.86. The zero-order chi connectivity index (χ0) is 13.2. The van der Waals surface area contributed by atoms with Gasteiger partial charge in [0.15, 0.2) is 0 Å². The van der Waals surface area contributed by atoms with Crippen LogP contribution in [0.2, 0.25) is 5.02 Å². The van der Waals surface area contributed by atoms with Gasteiger partial charge in [0.2, 0.25) is 5.91 Å². The molecule has 1 aromatic carbocycles. The number of piperidine rings is 1. The molecule has 1 N–H and O–H groups in total. The first-order chi connectivity index (χ1) is 9.22. The molecule has 0 aromatic heterocycles. The Morgan fingerprint density at radius 1 is 1.30 bits per heavy atom. The Hall–Kier alpha value is -0.770. The molecule has 0 aliphatic carbocycles. The summed E-state index contributed by atoms with van der Waals surface area (Å²) in [6, 6.07) is 8.20. The fourth-order valence-corrected chi connectivity index (χ4v) is 3.29. The van der Waals surface area contributed by atoms with Crippen molar-refractivity contribution in [2.45, 2.75) is 25.3 Å². The number of carbonyl (C=O) groups excluding carboxylic acids is 1. The van der Waals surface area contributed by atoms with Crippen molar-refractivity contribution >= 4 is 29.9 Å². The number of nitrogens with zero attached hydrogens (tertiary/aromatic N) is 1. The molecule has 2 heterocycles.